The molecule has 0 fully saturated rings. The molecule has 1 N–H and O–H groups in total. The second kappa shape index (κ2) is 8.48. The van der Waals surface area contributed by atoms with Crippen molar-refractivity contribution in [2.75, 3.05) is 5.32 Å². The number of aromatic nitrogens is 3. The summed E-state index contributed by atoms with van der Waals surface area (Å²) in [4.78, 5) is 32.2. The molecule has 2 aromatic carbocycles. The fourth-order valence-corrected chi connectivity index (χ4v) is 5.00. The molecule has 0 saturated heterocycles. The summed E-state index contributed by atoms with van der Waals surface area (Å²) >= 11 is 1.31. The summed E-state index contributed by atoms with van der Waals surface area (Å²) in [5.41, 5.74) is 3.21. The number of fused-ring (bicyclic) bond motifs is 1. The number of thiazole rings is 1. The second-order valence-electron chi connectivity index (χ2n) is 7.76. The average molecular weight is 456 g/mol. The van der Waals surface area contributed by atoms with Crippen molar-refractivity contribution in [3.8, 4) is 0 Å². The highest BCUT2D eigenvalue weighted by atomic mass is 32.1. The zero-order valence-electron chi connectivity index (χ0n) is 18.1. The van der Waals surface area contributed by atoms with Crippen molar-refractivity contribution >= 4 is 29.0 Å². The summed E-state index contributed by atoms with van der Waals surface area (Å²) < 4.78 is 3.85. The van der Waals surface area contributed by atoms with E-state index in [0.717, 1.165) is 11.1 Å². The number of nitrogens with zero attached hydrogens (tertiary/aromatic N) is 4. The van der Waals surface area contributed by atoms with Crippen LogP contribution in [0.25, 0.3) is 6.08 Å². The van der Waals surface area contributed by atoms with Gasteiger partial charge in [0.2, 0.25) is 0 Å². The maximum Gasteiger partial charge on any atom is 0.271 e. The first-order valence-electron chi connectivity index (χ1n) is 10.4. The van der Waals surface area contributed by atoms with Gasteiger partial charge in [-0.05, 0) is 30.7 Å². The van der Waals surface area contributed by atoms with Crippen LogP contribution in [0.4, 0.5) is 5.69 Å². The molecule has 0 radical (unpaired) electrons. The van der Waals surface area contributed by atoms with Crippen LogP contribution >= 0.6 is 11.3 Å². The minimum atomic E-state index is -0.581. The van der Waals surface area contributed by atoms with Gasteiger partial charge in [-0.2, -0.15) is 5.10 Å². The van der Waals surface area contributed by atoms with Gasteiger partial charge in [0.1, 0.15) is 0 Å². The number of aryl methyl sites for hydroxylation is 1. The van der Waals surface area contributed by atoms with Crippen LogP contribution in [0.3, 0.4) is 0 Å². The van der Waals surface area contributed by atoms with E-state index in [0.29, 0.717) is 26.3 Å². The smallest absolute Gasteiger partial charge is 0.271 e. The molecule has 0 saturated carbocycles. The zero-order chi connectivity index (χ0) is 22.9. The first kappa shape index (κ1) is 20.8. The molecular weight excluding hydrogens is 434 g/mol. The van der Waals surface area contributed by atoms with Gasteiger partial charge in [-0.15, -0.1) is 0 Å². The number of allylic oxidation sites excluding steroid dienone is 1. The van der Waals surface area contributed by atoms with E-state index in [1.807, 2.05) is 86.9 Å². The van der Waals surface area contributed by atoms with Crippen LogP contribution in [0.1, 0.15) is 24.1 Å². The van der Waals surface area contributed by atoms with Crippen molar-refractivity contribution in [3.05, 3.63) is 115 Å². The maximum absolute atomic E-state index is 13.5. The molecule has 4 aromatic rings. The van der Waals surface area contributed by atoms with Gasteiger partial charge in [-0.1, -0.05) is 59.9 Å². The van der Waals surface area contributed by atoms with Crippen LogP contribution in [0.15, 0.2) is 94.1 Å². The lowest BCUT2D eigenvalue weighted by molar-refractivity contribution is -0.113. The second-order valence-corrected chi connectivity index (χ2v) is 8.77. The monoisotopic (exact) mass is 455 g/mol. The molecule has 1 aliphatic heterocycles. The van der Waals surface area contributed by atoms with E-state index in [1.165, 1.54) is 11.3 Å². The van der Waals surface area contributed by atoms with Gasteiger partial charge in [0.25, 0.3) is 11.5 Å². The van der Waals surface area contributed by atoms with Gasteiger partial charge in [-0.25, -0.2) is 4.99 Å². The van der Waals surface area contributed by atoms with Crippen LogP contribution in [-0.4, -0.2) is 20.3 Å². The van der Waals surface area contributed by atoms with Crippen LogP contribution in [0.2, 0.25) is 0 Å². The Balaban J connectivity index is 1.67. The molecular formula is C25H21N5O2S. The van der Waals surface area contributed by atoms with E-state index < -0.39 is 6.04 Å². The first-order valence-corrected chi connectivity index (χ1v) is 11.3. The molecule has 2 aromatic heterocycles. The highest BCUT2D eigenvalue weighted by Crippen LogP contribution is 2.30. The standard InChI is InChI=1S/C25H21N5O2S/c1-16-21(23(31)28-19-11-7-4-8-12-19)22(18-9-5-3-6-10-18)30-24(32)20(33-25(30)27-16)13-17-14-26-29(2)15-17/h3-15,22H,1-2H3,(H,28,31)/b20-13+/t22-/m1/s1. The van der Waals surface area contributed by atoms with Crippen molar-refractivity contribution in [3.63, 3.8) is 0 Å². The minimum Gasteiger partial charge on any atom is -0.322 e. The number of benzene rings is 2. The van der Waals surface area contributed by atoms with Crippen LogP contribution in [0, 0.1) is 0 Å². The Labute approximate surface area is 193 Å². The maximum atomic E-state index is 13.5. The molecule has 5 rings (SSSR count). The van der Waals surface area contributed by atoms with E-state index in [-0.39, 0.29) is 11.5 Å². The third-order valence-corrected chi connectivity index (χ3v) is 6.42. The third-order valence-electron chi connectivity index (χ3n) is 5.44. The summed E-state index contributed by atoms with van der Waals surface area (Å²) in [6, 6.07) is 18.3. The third kappa shape index (κ3) is 3.96. The number of anilines is 1. The van der Waals surface area contributed by atoms with E-state index in [9.17, 15) is 9.59 Å². The van der Waals surface area contributed by atoms with Crippen molar-refractivity contribution < 1.29 is 4.79 Å². The Morgan fingerprint density at radius 3 is 2.45 bits per heavy atom. The predicted molar refractivity (Wildman–Crippen MR) is 128 cm³/mol. The Hall–Kier alpha value is -4.04. The van der Waals surface area contributed by atoms with Gasteiger partial charge < -0.3 is 5.32 Å². The topological polar surface area (TPSA) is 81.3 Å². The van der Waals surface area contributed by atoms with Crippen molar-refractivity contribution in [1.82, 2.24) is 14.3 Å². The molecule has 164 valence electrons. The number of rotatable bonds is 4. The number of carbonyl (C=O) groups excluding carboxylic acids is 1. The van der Waals surface area contributed by atoms with E-state index >= 15 is 0 Å². The molecule has 8 heteroatoms. The van der Waals surface area contributed by atoms with Crippen molar-refractivity contribution in [2.24, 2.45) is 12.0 Å². The highest BCUT2D eigenvalue weighted by molar-refractivity contribution is 7.07. The van der Waals surface area contributed by atoms with Crippen LogP contribution in [-0.2, 0) is 11.8 Å². The van der Waals surface area contributed by atoms with E-state index in [1.54, 1.807) is 15.4 Å². The number of hydrogen-bond donors (Lipinski definition) is 1. The van der Waals surface area contributed by atoms with Crippen molar-refractivity contribution in [2.45, 2.75) is 13.0 Å². The molecule has 0 unspecified atom stereocenters. The summed E-state index contributed by atoms with van der Waals surface area (Å²) in [5, 5.41) is 7.12. The number of carbonyl (C=O) groups is 1. The summed E-state index contributed by atoms with van der Waals surface area (Å²) in [7, 11) is 1.83. The lowest BCUT2D eigenvalue weighted by Crippen LogP contribution is -2.40. The molecule has 1 aliphatic rings. The Bertz CT molecular complexity index is 1550. The van der Waals surface area contributed by atoms with Gasteiger partial charge in [0.15, 0.2) is 4.80 Å². The lowest BCUT2D eigenvalue weighted by atomic mass is 9.95. The van der Waals surface area contributed by atoms with Crippen molar-refractivity contribution in [1.29, 1.82) is 0 Å². The van der Waals surface area contributed by atoms with E-state index in [2.05, 4.69) is 15.4 Å². The largest absolute Gasteiger partial charge is 0.322 e. The summed E-state index contributed by atoms with van der Waals surface area (Å²) in [6.45, 7) is 1.81. The predicted octanol–water partition coefficient (Wildman–Crippen LogP) is 2.61. The Morgan fingerprint density at radius 2 is 1.79 bits per heavy atom. The summed E-state index contributed by atoms with van der Waals surface area (Å²) in [5.74, 6) is -0.280. The molecule has 0 aliphatic carbocycles. The normalized spacial score (nSPS) is 15.8. The SMILES string of the molecule is CC1=C(C(=O)Nc2ccccc2)[C@@H](c2ccccc2)n2c(s/c(=C/c3cnn(C)c3)c2=O)=N1. The van der Waals surface area contributed by atoms with Gasteiger partial charge >= 0.3 is 0 Å². The molecule has 0 bridgehead atoms. The molecule has 1 atom stereocenters. The molecule has 7 nitrogen and oxygen atoms in total. The molecule has 0 spiro atoms. The first-order chi connectivity index (χ1) is 16.0. The average Bonchev–Trinajstić information content (AvgIpc) is 3.36. The zero-order valence-corrected chi connectivity index (χ0v) is 18.9. The minimum absolute atomic E-state index is 0.186. The molecule has 1 amide bonds. The van der Waals surface area contributed by atoms with Gasteiger partial charge in [0.05, 0.1) is 28.0 Å². The van der Waals surface area contributed by atoms with E-state index in [4.69, 9.17) is 0 Å². The Kier molecular flexibility index (Phi) is 5.35. The number of amides is 1. The molecule has 3 heterocycles. The highest BCUT2D eigenvalue weighted by Gasteiger charge is 2.32. The lowest BCUT2D eigenvalue weighted by Gasteiger charge is -2.25. The van der Waals surface area contributed by atoms with Gasteiger partial charge in [-0.3, -0.25) is 18.8 Å². The number of para-hydroxylation sites is 1. The fraction of sp³-hybridized carbons (Fsp3) is 0.120. The number of nitrogens with one attached hydrogen (secondary N) is 1. The fourth-order valence-electron chi connectivity index (χ4n) is 3.95. The Morgan fingerprint density at radius 1 is 1.09 bits per heavy atom. The summed E-state index contributed by atoms with van der Waals surface area (Å²) in [6.07, 6.45) is 5.36. The number of hydrogen-bond acceptors (Lipinski definition) is 5. The quantitative estimate of drug-likeness (QED) is 0.514. The van der Waals surface area contributed by atoms with Crippen LogP contribution < -0.4 is 20.2 Å². The molecule has 33 heavy (non-hydrogen) atoms. The van der Waals surface area contributed by atoms with Crippen LogP contribution in [0.5, 0.6) is 0 Å². The van der Waals surface area contributed by atoms with Gasteiger partial charge in [0, 0.05) is 24.5 Å².